The lowest BCUT2D eigenvalue weighted by molar-refractivity contribution is -0.117. The van der Waals surface area contributed by atoms with Crippen molar-refractivity contribution in [3.05, 3.63) is 54.0 Å². The minimum Gasteiger partial charge on any atom is -0.494 e. The molecule has 11 nitrogen and oxygen atoms in total. The maximum atomic E-state index is 12.1. The summed E-state index contributed by atoms with van der Waals surface area (Å²) in [6, 6.07) is 9.73. The number of carbonyl (C=O) groups excluding carboxylic acids is 2. The Hall–Kier alpha value is -4.54. The van der Waals surface area contributed by atoms with Gasteiger partial charge >= 0.3 is 5.97 Å². The molecule has 4 rings (SSSR count). The van der Waals surface area contributed by atoms with Crippen molar-refractivity contribution in [1.82, 2.24) is 15.2 Å². The summed E-state index contributed by atoms with van der Waals surface area (Å²) in [5.74, 6) is -1.51. The van der Waals surface area contributed by atoms with Crippen LogP contribution in [-0.2, 0) is 4.79 Å². The van der Waals surface area contributed by atoms with Gasteiger partial charge in [0, 0.05) is 29.3 Å². The van der Waals surface area contributed by atoms with Crippen LogP contribution in [0.15, 0.2) is 42.6 Å². The number of rotatable bonds is 8. The lowest BCUT2D eigenvalue weighted by atomic mass is 10.0. The molecular formula is C22H20N6O5. The van der Waals surface area contributed by atoms with Gasteiger partial charge in [0.15, 0.2) is 11.5 Å². The summed E-state index contributed by atoms with van der Waals surface area (Å²) in [6.45, 7) is 0. The first-order chi connectivity index (χ1) is 15.9. The van der Waals surface area contributed by atoms with Gasteiger partial charge in [-0.25, -0.2) is 9.78 Å². The summed E-state index contributed by atoms with van der Waals surface area (Å²) in [5, 5.41) is 22.6. The molecule has 2 aromatic heterocycles. The Morgan fingerprint density at radius 1 is 1.12 bits per heavy atom. The number of nitrogens with zero attached hydrogens (tertiary/aromatic N) is 3. The molecule has 0 aliphatic heterocycles. The zero-order valence-corrected chi connectivity index (χ0v) is 17.5. The van der Waals surface area contributed by atoms with Crippen molar-refractivity contribution < 1.29 is 24.2 Å². The number of para-hydroxylation sites is 1. The first kappa shape index (κ1) is 21.7. The summed E-state index contributed by atoms with van der Waals surface area (Å²) < 4.78 is 5.59. The number of aromatic nitrogens is 3. The summed E-state index contributed by atoms with van der Waals surface area (Å²) in [7, 11) is 1.48. The Labute approximate surface area is 188 Å². The maximum absolute atomic E-state index is 12.1. The number of nitrogens with two attached hydrogens (primary N) is 1. The molecule has 5 N–H and O–H groups in total. The van der Waals surface area contributed by atoms with Crippen molar-refractivity contribution in [1.29, 1.82) is 0 Å². The fourth-order valence-electron chi connectivity index (χ4n) is 3.21. The number of primary amides is 1. The SMILES string of the molecule is COc1c(Nc2cc(NC(=O)C3CC3)nnc2C(N)=O)cccc1-c1ccc(C(=O)O)nc1. The number of ether oxygens (including phenoxy) is 1. The van der Waals surface area contributed by atoms with Crippen molar-refractivity contribution in [2.24, 2.45) is 11.7 Å². The van der Waals surface area contributed by atoms with Gasteiger partial charge in [-0.1, -0.05) is 18.2 Å². The third kappa shape index (κ3) is 4.71. The molecule has 0 radical (unpaired) electrons. The van der Waals surface area contributed by atoms with Gasteiger partial charge in [0.05, 0.1) is 18.5 Å². The molecule has 1 fully saturated rings. The topological polar surface area (TPSA) is 169 Å². The second kappa shape index (κ2) is 8.91. The second-order valence-corrected chi connectivity index (χ2v) is 7.37. The van der Waals surface area contributed by atoms with E-state index in [0.717, 1.165) is 12.8 Å². The smallest absolute Gasteiger partial charge is 0.354 e. The molecule has 1 aromatic carbocycles. The Kier molecular flexibility index (Phi) is 5.85. The lowest BCUT2D eigenvalue weighted by Gasteiger charge is -2.16. The van der Waals surface area contributed by atoms with E-state index in [9.17, 15) is 14.4 Å². The minimum atomic E-state index is -1.13. The Bertz CT molecular complexity index is 1240. The first-order valence-electron chi connectivity index (χ1n) is 9.99. The van der Waals surface area contributed by atoms with E-state index in [4.69, 9.17) is 15.6 Å². The predicted octanol–water partition coefficient (Wildman–Crippen LogP) is 2.44. The maximum Gasteiger partial charge on any atom is 0.354 e. The number of nitrogens with one attached hydrogen (secondary N) is 2. The normalized spacial score (nSPS) is 12.6. The van der Waals surface area contributed by atoms with Crippen LogP contribution in [-0.4, -0.2) is 45.2 Å². The van der Waals surface area contributed by atoms with Crippen molar-refractivity contribution >= 4 is 35.0 Å². The predicted molar refractivity (Wildman–Crippen MR) is 118 cm³/mol. The highest BCUT2D eigenvalue weighted by atomic mass is 16.5. The number of carbonyl (C=O) groups is 3. The average molecular weight is 448 g/mol. The van der Waals surface area contributed by atoms with Crippen molar-refractivity contribution in [2.75, 3.05) is 17.7 Å². The summed E-state index contributed by atoms with van der Waals surface area (Å²) in [4.78, 5) is 39.0. The van der Waals surface area contributed by atoms with Crippen LogP contribution in [0.5, 0.6) is 5.75 Å². The van der Waals surface area contributed by atoms with Crippen LogP contribution in [0.1, 0.15) is 33.8 Å². The van der Waals surface area contributed by atoms with Crippen molar-refractivity contribution in [3.8, 4) is 16.9 Å². The highest BCUT2D eigenvalue weighted by molar-refractivity contribution is 5.99. The van der Waals surface area contributed by atoms with Crippen LogP contribution in [0.4, 0.5) is 17.2 Å². The van der Waals surface area contributed by atoms with E-state index in [1.807, 2.05) is 0 Å². The van der Waals surface area contributed by atoms with Crippen molar-refractivity contribution in [3.63, 3.8) is 0 Å². The molecule has 2 amide bonds. The summed E-state index contributed by atoms with van der Waals surface area (Å²) in [6.07, 6.45) is 3.09. The Morgan fingerprint density at radius 3 is 2.52 bits per heavy atom. The van der Waals surface area contributed by atoms with E-state index in [0.29, 0.717) is 22.6 Å². The number of carboxylic acid groups (broad SMARTS) is 1. The summed E-state index contributed by atoms with van der Waals surface area (Å²) in [5.41, 5.74) is 7.23. The molecule has 11 heteroatoms. The minimum absolute atomic E-state index is 0.0306. The molecule has 0 spiro atoms. The third-order valence-corrected chi connectivity index (χ3v) is 5.01. The number of hydrogen-bond donors (Lipinski definition) is 4. The molecule has 0 atom stereocenters. The standard InChI is InChI=1S/C22H20N6O5/c1-33-19-13(12-7-8-15(22(31)32)24-10-12)3-2-4-14(19)25-16-9-17(26-21(30)11-5-6-11)27-28-18(16)20(23)29/h2-4,7-11H,5-6H2,1H3,(H2,23,29)(H,31,32)(H2,25,26,27,30). The van der Waals surface area contributed by atoms with E-state index < -0.39 is 11.9 Å². The number of hydrogen-bond acceptors (Lipinski definition) is 8. The fraction of sp³-hybridized carbons (Fsp3) is 0.182. The number of methoxy groups -OCH3 is 1. The van der Waals surface area contributed by atoms with E-state index in [1.165, 1.54) is 25.4 Å². The van der Waals surface area contributed by atoms with Crippen LogP contribution in [0.25, 0.3) is 11.1 Å². The molecule has 1 aliphatic rings. The van der Waals surface area contributed by atoms with Crippen LogP contribution >= 0.6 is 0 Å². The molecule has 0 bridgehead atoms. The Morgan fingerprint density at radius 2 is 1.91 bits per heavy atom. The molecule has 3 aromatic rings. The molecule has 0 unspecified atom stereocenters. The number of anilines is 3. The highest BCUT2D eigenvalue weighted by Gasteiger charge is 2.30. The van der Waals surface area contributed by atoms with Gasteiger partial charge in [0.25, 0.3) is 5.91 Å². The van der Waals surface area contributed by atoms with E-state index in [2.05, 4.69) is 25.8 Å². The van der Waals surface area contributed by atoms with Gasteiger partial charge in [-0.05, 0) is 25.0 Å². The van der Waals surface area contributed by atoms with E-state index in [-0.39, 0.29) is 34.7 Å². The van der Waals surface area contributed by atoms with E-state index >= 15 is 0 Å². The van der Waals surface area contributed by atoms with Crippen molar-refractivity contribution in [2.45, 2.75) is 12.8 Å². The molecule has 1 saturated carbocycles. The molecule has 33 heavy (non-hydrogen) atoms. The molecule has 2 heterocycles. The van der Waals surface area contributed by atoms with Gasteiger partial charge in [0.1, 0.15) is 11.4 Å². The van der Waals surface area contributed by atoms with E-state index in [1.54, 1.807) is 24.3 Å². The Balaban J connectivity index is 1.69. The van der Waals surface area contributed by atoms with Gasteiger partial charge in [-0.2, -0.15) is 0 Å². The zero-order valence-electron chi connectivity index (χ0n) is 17.5. The van der Waals surface area contributed by atoms with Gasteiger partial charge in [0.2, 0.25) is 5.91 Å². The van der Waals surface area contributed by atoms with Gasteiger partial charge < -0.3 is 26.2 Å². The first-order valence-corrected chi connectivity index (χ1v) is 9.99. The molecule has 0 saturated heterocycles. The quantitative estimate of drug-likeness (QED) is 0.404. The number of amides is 2. The third-order valence-electron chi connectivity index (χ3n) is 5.01. The number of aromatic carboxylic acids is 1. The monoisotopic (exact) mass is 448 g/mol. The lowest BCUT2D eigenvalue weighted by Crippen LogP contribution is -2.19. The van der Waals surface area contributed by atoms with Crippen LogP contribution in [0.2, 0.25) is 0 Å². The van der Waals surface area contributed by atoms with Crippen LogP contribution in [0.3, 0.4) is 0 Å². The highest BCUT2D eigenvalue weighted by Crippen LogP contribution is 2.38. The van der Waals surface area contributed by atoms with Crippen LogP contribution in [0, 0.1) is 5.92 Å². The zero-order chi connectivity index (χ0) is 23.5. The molecule has 1 aliphatic carbocycles. The van der Waals surface area contributed by atoms with Crippen LogP contribution < -0.4 is 21.1 Å². The number of pyridine rings is 1. The average Bonchev–Trinajstić information content (AvgIpc) is 3.64. The summed E-state index contributed by atoms with van der Waals surface area (Å²) >= 11 is 0. The fourth-order valence-corrected chi connectivity index (χ4v) is 3.21. The largest absolute Gasteiger partial charge is 0.494 e. The van der Waals surface area contributed by atoms with Gasteiger partial charge in [-0.15, -0.1) is 10.2 Å². The second-order valence-electron chi connectivity index (χ2n) is 7.37. The molecule has 168 valence electrons. The van der Waals surface area contributed by atoms with Gasteiger partial charge in [-0.3, -0.25) is 9.59 Å². The molecular weight excluding hydrogens is 428 g/mol. The number of benzene rings is 1. The number of carboxylic acids is 1.